The highest BCUT2D eigenvalue weighted by molar-refractivity contribution is 5.97. The van der Waals surface area contributed by atoms with Gasteiger partial charge >= 0.3 is 0 Å². The van der Waals surface area contributed by atoms with Crippen LogP contribution in [0.2, 0.25) is 0 Å². The summed E-state index contributed by atoms with van der Waals surface area (Å²) in [5.74, 6) is 0.599. The molecule has 3 rings (SSSR count). The van der Waals surface area contributed by atoms with Crippen LogP contribution in [-0.2, 0) is 6.42 Å². The first-order valence-electron chi connectivity index (χ1n) is 8.24. The molecular formula is C22H22N2. The number of aliphatic imine (C=N–C) groups is 1. The van der Waals surface area contributed by atoms with E-state index in [1.807, 2.05) is 30.3 Å². The second kappa shape index (κ2) is 7.60. The molecule has 3 aromatic carbocycles. The van der Waals surface area contributed by atoms with Crippen LogP contribution in [0.1, 0.15) is 16.7 Å². The molecule has 0 atom stereocenters. The summed E-state index contributed by atoms with van der Waals surface area (Å²) in [6.07, 6.45) is 0.906. The molecule has 2 heteroatoms. The van der Waals surface area contributed by atoms with Crippen LogP contribution in [0.4, 0.5) is 0 Å². The SMILES string of the molecule is Cc1ccc(CCN=C(N)c2ccc(-c3ccccc3)cc2)cc1. The van der Waals surface area contributed by atoms with Gasteiger partial charge < -0.3 is 5.73 Å². The third-order valence-electron chi connectivity index (χ3n) is 4.09. The zero-order chi connectivity index (χ0) is 16.8. The van der Waals surface area contributed by atoms with Crippen molar-refractivity contribution in [1.29, 1.82) is 0 Å². The van der Waals surface area contributed by atoms with E-state index in [1.165, 1.54) is 22.3 Å². The maximum Gasteiger partial charge on any atom is 0.125 e. The van der Waals surface area contributed by atoms with Crippen LogP contribution < -0.4 is 5.73 Å². The van der Waals surface area contributed by atoms with Crippen LogP contribution in [0, 0.1) is 6.92 Å². The smallest absolute Gasteiger partial charge is 0.125 e. The minimum atomic E-state index is 0.599. The predicted molar refractivity (Wildman–Crippen MR) is 102 cm³/mol. The van der Waals surface area contributed by atoms with Crippen LogP contribution in [0.15, 0.2) is 83.9 Å². The molecule has 0 aliphatic rings. The van der Waals surface area contributed by atoms with Gasteiger partial charge in [-0.2, -0.15) is 0 Å². The Kier molecular flexibility index (Phi) is 5.07. The Balaban J connectivity index is 1.64. The molecule has 3 aromatic rings. The molecule has 0 saturated heterocycles. The van der Waals surface area contributed by atoms with E-state index in [0.29, 0.717) is 12.4 Å². The molecule has 0 radical (unpaired) electrons. The van der Waals surface area contributed by atoms with E-state index in [2.05, 4.69) is 60.4 Å². The molecule has 0 bridgehead atoms. The van der Waals surface area contributed by atoms with Gasteiger partial charge in [0.05, 0.1) is 0 Å². The third-order valence-corrected chi connectivity index (χ3v) is 4.09. The Bertz CT molecular complexity index is 801. The molecule has 0 heterocycles. The van der Waals surface area contributed by atoms with Crippen molar-refractivity contribution in [1.82, 2.24) is 0 Å². The summed E-state index contributed by atoms with van der Waals surface area (Å²) >= 11 is 0. The highest BCUT2D eigenvalue weighted by atomic mass is 14.8. The van der Waals surface area contributed by atoms with Crippen molar-refractivity contribution >= 4 is 5.84 Å². The fraction of sp³-hybridized carbons (Fsp3) is 0.136. The average molecular weight is 314 g/mol. The number of amidine groups is 1. The summed E-state index contributed by atoms with van der Waals surface area (Å²) in [5.41, 5.74) is 12.1. The summed E-state index contributed by atoms with van der Waals surface area (Å²) in [6.45, 7) is 2.80. The number of hydrogen-bond donors (Lipinski definition) is 1. The summed E-state index contributed by atoms with van der Waals surface area (Å²) in [7, 11) is 0. The van der Waals surface area contributed by atoms with E-state index in [0.717, 1.165) is 12.0 Å². The molecule has 0 unspecified atom stereocenters. The standard InChI is InChI=1S/C22H22N2/c1-17-7-9-18(10-8-17)15-16-24-22(23)21-13-11-20(12-14-21)19-5-3-2-4-6-19/h2-14H,15-16H2,1H3,(H2,23,24). The van der Waals surface area contributed by atoms with Crippen LogP contribution in [0.3, 0.4) is 0 Å². The molecule has 2 nitrogen and oxygen atoms in total. The second-order valence-electron chi connectivity index (χ2n) is 5.95. The van der Waals surface area contributed by atoms with Crippen molar-refractivity contribution in [2.45, 2.75) is 13.3 Å². The van der Waals surface area contributed by atoms with Crippen molar-refractivity contribution < 1.29 is 0 Å². The van der Waals surface area contributed by atoms with E-state index >= 15 is 0 Å². The first-order valence-corrected chi connectivity index (χ1v) is 8.24. The molecule has 2 N–H and O–H groups in total. The Morgan fingerprint density at radius 2 is 1.42 bits per heavy atom. The zero-order valence-electron chi connectivity index (χ0n) is 13.9. The molecular weight excluding hydrogens is 292 g/mol. The highest BCUT2D eigenvalue weighted by Gasteiger charge is 2.01. The Morgan fingerprint density at radius 1 is 0.792 bits per heavy atom. The Hall–Kier alpha value is -2.87. The van der Waals surface area contributed by atoms with Gasteiger partial charge in [-0.15, -0.1) is 0 Å². The number of hydrogen-bond acceptors (Lipinski definition) is 1. The van der Waals surface area contributed by atoms with E-state index in [-0.39, 0.29) is 0 Å². The van der Waals surface area contributed by atoms with Crippen LogP contribution in [0.5, 0.6) is 0 Å². The van der Waals surface area contributed by atoms with Gasteiger partial charge in [-0.1, -0.05) is 84.4 Å². The lowest BCUT2D eigenvalue weighted by Crippen LogP contribution is -2.14. The fourth-order valence-corrected chi connectivity index (χ4v) is 2.62. The largest absolute Gasteiger partial charge is 0.384 e. The van der Waals surface area contributed by atoms with Gasteiger partial charge in [0.2, 0.25) is 0 Å². The molecule has 0 aliphatic carbocycles. The van der Waals surface area contributed by atoms with E-state index < -0.39 is 0 Å². The van der Waals surface area contributed by atoms with Gasteiger partial charge in [0.25, 0.3) is 0 Å². The minimum Gasteiger partial charge on any atom is -0.384 e. The van der Waals surface area contributed by atoms with Gasteiger partial charge in [0.15, 0.2) is 0 Å². The van der Waals surface area contributed by atoms with Gasteiger partial charge in [-0.25, -0.2) is 0 Å². The molecule has 0 aromatic heterocycles. The lowest BCUT2D eigenvalue weighted by Gasteiger charge is -2.05. The van der Waals surface area contributed by atoms with E-state index in [9.17, 15) is 0 Å². The van der Waals surface area contributed by atoms with E-state index in [4.69, 9.17) is 5.73 Å². The fourth-order valence-electron chi connectivity index (χ4n) is 2.62. The Labute approximate surface area is 143 Å². The van der Waals surface area contributed by atoms with Crippen molar-refractivity contribution in [3.05, 3.63) is 95.6 Å². The topological polar surface area (TPSA) is 38.4 Å². The average Bonchev–Trinajstić information content (AvgIpc) is 2.64. The number of aryl methyl sites for hydroxylation is 1. The summed E-state index contributed by atoms with van der Waals surface area (Å²) < 4.78 is 0. The van der Waals surface area contributed by atoms with Crippen LogP contribution in [-0.4, -0.2) is 12.4 Å². The zero-order valence-corrected chi connectivity index (χ0v) is 13.9. The first-order chi connectivity index (χ1) is 11.7. The van der Waals surface area contributed by atoms with Crippen molar-refractivity contribution in [2.75, 3.05) is 6.54 Å². The number of benzene rings is 3. The minimum absolute atomic E-state index is 0.599. The Morgan fingerprint density at radius 3 is 2.08 bits per heavy atom. The number of nitrogens with zero attached hydrogens (tertiary/aromatic N) is 1. The maximum atomic E-state index is 6.12. The van der Waals surface area contributed by atoms with Gasteiger partial charge in [-0.3, -0.25) is 4.99 Å². The number of rotatable bonds is 5. The van der Waals surface area contributed by atoms with Crippen LogP contribution in [0.25, 0.3) is 11.1 Å². The molecule has 0 saturated carbocycles. The van der Waals surface area contributed by atoms with Crippen molar-refractivity contribution in [3.8, 4) is 11.1 Å². The monoisotopic (exact) mass is 314 g/mol. The van der Waals surface area contributed by atoms with Gasteiger partial charge in [-0.05, 0) is 30.0 Å². The maximum absolute atomic E-state index is 6.12. The summed E-state index contributed by atoms with van der Waals surface area (Å²) in [6, 6.07) is 27.1. The lowest BCUT2D eigenvalue weighted by atomic mass is 10.0. The number of nitrogens with two attached hydrogens (primary N) is 1. The molecule has 0 spiro atoms. The van der Waals surface area contributed by atoms with Crippen molar-refractivity contribution in [2.24, 2.45) is 10.7 Å². The quantitative estimate of drug-likeness (QED) is 0.542. The highest BCUT2D eigenvalue weighted by Crippen LogP contribution is 2.19. The summed E-state index contributed by atoms with van der Waals surface area (Å²) in [4.78, 5) is 4.51. The normalized spacial score (nSPS) is 11.5. The molecule has 24 heavy (non-hydrogen) atoms. The summed E-state index contributed by atoms with van der Waals surface area (Å²) in [5, 5.41) is 0. The van der Waals surface area contributed by atoms with Gasteiger partial charge in [0.1, 0.15) is 5.84 Å². The molecule has 0 aliphatic heterocycles. The first kappa shape index (κ1) is 16.0. The third kappa shape index (κ3) is 4.11. The van der Waals surface area contributed by atoms with Gasteiger partial charge in [0, 0.05) is 12.1 Å². The molecule has 0 amide bonds. The second-order valence-corrected chi connectivity index (χ2v) is 5.95. The van der Waals surface area contributed by atoms with Crippen molar-refractivity contribution in [3.63, 3.8) is 0 Å². The van der Waals surface area contributed by atoms with E-state index in [1.54, 1.807) is 0 Å². The predicted octanol–water partition coefficient (Wildman–Crippen LogP) is 4.61. The molecule has 120 valence electrons. The lowest BCUT2D eigenvalue weighted by molar-refractivity contribution is 0.965. The van der Waals surface area contributed by atoms with Crippen LogP contribution >= 0.6 is 0 Å². The molecule has 0 fully saturated rings.